The first-order valence-corrected chi connectivity index (χ1v) is 4.14. The fourth-order valence-electron chi connectivity index (χ4n) is 1.28. The SMILES string of the molecule is O=C(n1cnc2cc(F)ccc21)C(F)(F)F. The van der Waals surface area contributed by atoms with Crippen molar-refractivity contribution in [1.82, 2.24) is 9.55 Å². The quantitative estimate of drug-likeness (QED) is 0.653. The molecule has 1 aromatic heterocycles. The third-order valence-corrected chi connectivity index (χ3v) is 1.97. The molecule has 0 atom stereocenters. The summed E-state index contributed by atoms with van der Waals surface area (Å²) in [6.07, 6.45) is -4.26. The van der Waals surface area contributed by atoms with Crippen LogP contribution in [0.15, 0.2) is 24.5 Å². The average molecular weight is 232 g/mol. The fourth-order valence-corrected chi connectivity index (χ4v) is 1.28. The number of aromatic nitrogens is 2. The van der Waals surface area contributed by atoms with Gasteiger partial charge in [-0.25, -0.2) is 9.37 Å². The largest absolute Gasteiger partial charge is 0.472 e. The van der Waals surface area contributed by atoms with Crippen LogP contribution in [0.3, 0.4) is 0 Å². The van der Waals surface area contributed by atoms with Crippen LogP contribution in [0.1, 0.15) is 4.79 Å². The van der Waals surface area contributed by atoms with Gasteiger partial charge in [-0.1, -0.05) is 0 Å². The summed E-state index contributed by atoms with van der Waals surface area (Å²) in [7, 11) is 0. The van der Waals surface area contributed by atoms with Crippen molar-refractivity contribution in [3.8, 4) is 0 Å². The normalized spacial score (nSPS) is 12.0. The average Bonchev–Trinajstić information content (AvgIpc) is 2.57. The third kappa shape index (κ3) is 1.64. The smallest absolute Gasteiger partial charge is 0.264 e. The van der Waals surface area contributed by atoms with Crippen LogP contribution in [0.2, 0.25) is 0 Å². The fraction of sp³-hybridized carbons (Fsp3) is 0.111. The Hall–Kier alpha value is -1.92. The number of rotatable bonds is 0. The van der Waals surface area contributed by atoms with E-state index in [0.717, 1.165) is 24.5 Å². The molecule has 0 amide bonds. The van der Waals surface area contributed by atoms with Gasteiger partial charge in [-0.3, -0.25) is 9.36 Å². The Labute approximate surface area is 86.3 Å². The molecule has 0 saturated heterocycles. The minimum atomic E-state index is -4.98. The third-order valence-electron chi connectivity index (χ3n) is 1.97. The highest BCUT2D eigenvalue weighted by atomic mass is 19.4. The van der Waals surface area contributed by atoms with Gasteiger partial charge in [0.15, 0.2) is 0 Å². The zero-order valence-electron chi connectivity index (χ0n) is 7.62. The van der Waals surface area contributed by atoms with E-state index in [4.69, 9.17) is 0 Å². The van der Waals surface area contributed by atoms with E-state index in [1.165, 1.54) is 0 Å². The number of carbonyl (C=O) groups is 1. The lowest BCUT2D eigenvalue weighted by molar-refractivity contribution is -0.0943. The van der Waals surface area contributed by atoms with Gasteiger partial charge in [0, 0.05) is 6.07 Å². The minimum absolute atomic E-state index is 0.00222. The Kier molecular flexibility index (Phi) is 2.18. The molecular weight excluding hydrogens is 228 g/mol. The summed E-state index contributed by atoms with van der Waals surface area (Å²) in [5.41, 5.74) is -0.0821. The number of nitrogens with zero attached hydrogens (tertiary/aromatic N) is 2. The van der Waals surface area contributed by atoms with Crippen molar-refractivity contribution in [1.29, 1.82) is 0 Å². The highest BCUT2D eigenvalue weighted by Crippen LogP contribution is 2.21. The molecule has 0 aliphatic rings. The van der Waals surface area contributed by atoms with Crippen molar-refractivity contribution in [2.75, 3.05) is 0 Å². The number of hydrogen-bond acceptors (Lipinski definition) is 2. The number of halogens is 4. The Bertz CT molecular complexity index is 558. The molecule has 0 N–H and O–H groups in total. The zero-order valence-corrected chi connectivity index (χ0v) is 7.62. The molecule has 84 valence electrons. The van der Waals surface area contributed by atoms with Crippen LogP contribution < -0.4 is 0 Å². The maximum absolute atomic E-state index is 12.7. The molecule has 2 aromatic rings. The zero-order chi connectivity index (χ0) is 11.9. The van der Waals surface area contributed by atoms with Gasteiger partial charge >= 0.3 is 12.1 Å². The molecule has 2 rings (SSSR count). The van der Waals surface area contributed by atoms with Gasteiger partial charge in [0.1, 0.15) is 12.1 Å². The number of alkyl halides is 3. The maximum atomic E-state index is 12.7. The second kappa shape index (κ2) is 3.29. The summed E-state index contributed by atoms with van der Waals surface area (Å²) in [5.74, 6) is -2.68. The van der Waals surface area contributed by atoms with Gasteiger partial charge in [0.2, 0.25) is 0 Å². The van der Waals surface area contributed by atoms with Gasteiger partial charge in [0.25, 0.3) is 0 Å². The Morgan fingerprint density at radius 3 is 2.62 bits per heavy atom. The molecule has 3 nitrogen and oxygen atoms in total. The van der Waals surface area contributed by atoms with Crippen LogP contribution in [-0.4, -0.2) is 21.6 Å². The standard InChI is InChI=1S/C9H4F4N2O/c10-5-1-2-7-6(3-5)14-4-15(7)8(16)9(11,12)13/h1-4H. The first-order chi connectivity index (χ1) is 7.39. The molecule has 0 bridgehead atoms. The molecule has 0 saturated carbocycles. The lowest BCUT2D eigenvalue weighted by Crippen LogP contribution is -2.28. The molecule has 0 aliphatic carbocycles. The van der Waals surface area contributed by atoms with E-state index < -0.39 is 17.9 Å². The van der Waals surface area contributed by atoms with Crippen LogP contribution in [0.25, 0.3) is 11.0 Å². The lowest BCUT2D eigenvalue weighted by atomic mass is 10.3. The van der Waals surface area contributed by atoms with E-state index in [1.807, 2.05) is 0 Å². The van der Waals surface area contributed by atoms with Crippen LogP contribution in [0, 0.1) is 5.82 Å². The number of benzene rings is 1. The van der Waals surface area contributed by atoms with E-state index in [0.29, 0.717) is 4.57 Å². The second-order valence-corrected chi connectivity index (χ2v) is 3.05. The van der Waals surface area contributed by atoms with Crippen molar-refractivity contribution in [3.05, 3.63) is 30.3 Å². The van der Waals surface area contributed by atoms with E-state index in [1.54, 1.807) is 0 Å². The summed E-state index contributed by atoms with van der Waals surface area (Å²) < 4.78 is 49.5. The van der Waals surface area contributed by atoms with Gasteiger partial charge in [0.05, 0.1) is 11.0 Å². The number of imidazole rings is 1. The van der Waals surface area contributed by atoms with Gasteiger partial charge in [-0.05, 0) is 12.1 Å². The van der Waals surface area contributed by atoms with E-state index in [9.17, 15) is 22.4 Å². The number of fused-ring (bicyclic) bond motifs is 1. The van der Waals surface area contributed by atoms with Crippen molar-refractivity contribution in [2.24, 2.45) is 0 Å². The molecule has 0 radical (unpaired) electrons. The lowest BCUT2D eigenvalue weighted by Gasteiger charge is -2.05. The summed E-state index contributed by atoms with van der Waals surface area (Å²) in [5, 5.41) is 0. The van der Waals surface area contributed by atoms with Gasteiger partial charge in [-0.2, -0.15) is 13.2 Å². The van der Waals surface area contributed by atoms with Crippen LogP contribution in [0.4, 0.5) is 17.6 Å². The molecule has 1 aromatic carbocycles. The molecule has 7 heteroatoms. The molecule has 0 spiro atoms. The van der Waals surface area contributed by atoms with Gasteiger partial charge in [-0.15, -0.1) is 0 Å². The van der Waals surface area contributed by atoms with Crippen LogP contribution in [-0.2, 0) is 0 Å². The summed E-state index contributed by atoms with van der Waals surface area (Å²) >= 11 is 0. The first-order valence-electron chi connectivity index (χ1n) is 4.14. The Morgan fingerprint density at radius 2 is 2.00 bits per heavy atom. The first kappa shape index (κ1) is 10.6. The van der Waals surface area contributed by atoms with Crippen LogP contribution in [0.5, 0.6) is 0 Å². The van der Waals surface area contributed by atoms with Crippen molar-refractivity contribution >= 4 is 16.9 Å². The highest BCUT2D eigenvalue weighted by molar-refractivity contribution is 5.93. The van der Waals surface area contributed by atoms with Gasteiger partial charge < -0.3 is 0 Å². The molecule has 0 fully saturated rings. The Morgan fingerprint density at radius 1 is 1.31 bits per heavy atom. The predicted octanol–water partition coefficient (Wildman–Crippen LogP) is 2.38. The second-order valence-electron chi connectivity index (χ2n) is 3.05. The summed E-state index contributed by atoms with van der Waals surface area (Å²) in [4.78, 5) is 14.4. The molecule has 0 aliphatic heterocycles. The van der Waals surface area contributed by atoms with Crippen molar-refractivity contribution in [2.45, 2.75) is 6.18 Å². The summed E-state index contributed by atoms with van der Waals surface area (Å²) in [6.45, 7) is 0. The summed E-state index contributed by atoms with van der Waals surface area (Å²) in [6, 6.07) is 2.99. The highest BCUT2D eigenvalue weighted by Gasteiger charge is 2.40. The monoisotopic (exact) mass is 232 g/mol. The Balaban J connectivity index is 2.59. The predicted molar refractivity (Wildman–Crippen MR) is 46.4 cm³/mol. The minimum Gasteiger partial charge on any atom is -0.264 e. The van der Waals surface area contributed by atoms with Crippen molar-refractivity contribution < 1.29 is 22.4 Å². The topological polar surface area (TPSA) is 34.9 Å². The van der Waals surface area contributed by atoms with Crippen LogP contribution >= 0.6 is 0 Å². The maximum Gasteiger partial charge on any atom is 0.472 e. The molecule has 0 unspecified atom stereocenters. The van der Waals surface area contributed by atoms with E-state index >= 15 is 0 Å². The number of hydrogen-bond donors (Lipinski definition) is 0. The number of carbonyl (C=O) groups excluding carboxylic acids is 1. The van der Waals surface area contributed by atoms with Crippen molar-refractivity contribution in [3.63, 3.8) is 0 Å². The molecule has 16 heavy (non-hydrogen) atoms. The molecule has 1 heterocycles. The van der Waals surface area contributed by atoms with E-state index in [-0.39, 0.29) is 11.0 Å². The van der Waals surface area contributed by atoms with E-state index in [2.05, 4.69) is 4.98 Å². The molecular formula is C9H4F4N2O.